The highest BCUT2D eigenvalue weighted by atomic mass is 16.3. The van der Waals surface area contributed by atoms with E-state index in [9.17, 15) is 0 Å². The van der Waals surface area contributed by atoms with Crippen LogP contribution in [-0.2, 0) is 5.41 Å². The van der Waals surface area contributed by atoms with Crippen molar-refractivity contribution in [1.82, 2.24) is 9.55 Å². The maximum atomic E-state index is 6.74. The molecule has 0 atom stereocenters. The van der Waals surface area contributed by atoms with Crippen LogP contribution in [0.1, 0.15) is 25.0 Å². The molecule has 3 nitrogen and oxygen atoms in total. The summed E-state index contributed by atoms with van der Waals surface area (Å²) in [5, 5.41) is 5.85. The van der Waals surface area contributed by atoms with Gasteiger partial charge in [0.1, 0.15) is 11.2 Å². The van der Waals surface area contributed by atoms with E-state index in [0.717, 1.165) is 60.9 Å². The Morgan fingerprint density at radius 3 is 2.05 bits per heavy atom. The van der Waals surface area contributed by atoms with Gasteiger partial charge in [0.05, 0.1) is 22.2 Å². The minimum Gasteiger partial charge on any atom is -0.456 e. The molecule has 3 heteroatoms. The summed E-state index contributed by atoms with van der Waals surface area (Å²) < 4.78 is 9.15. The fraction of sp³-hybridized carbons (Fsp3) is 0.0556. The highest BCUT2D eigenvalue weighted by Crippen LogP contribution is 2.53. The van der Waals surface area contributed by atoms with E-state index in [1.807, 2.05) is 0 Å². The average Bonchev–Trinajstić information content (AvgIpc) is 3.88. The first-order valence-electron chi connectivity index (χ1n) is 19.7. The number of fused-ring (bicyclic) bond motifs is 11. The SMILES string of the molecule is CC1(C)c2ccccc2-c2c1ccc1c2c2ccccc2n1-c1ccc2c(c1)oc1cccc(-c3cc(-c4ccc(-c5ccccc5)cc4)c4ccccc4n3)c12. The molecule has 0 bridgehead atoms. The first kappa shape index (κ1) is 32.1. The number of pyridine rings is 1. The van der Waals surface area contributed by atoms with Gasteiger partial charge in [-0.25, -0.2) is 4.98 Å². The van der Waals surface area contributed by atoms with Crippen LogP contribution in [0.25, 0.3) is 105 Å². The molecule has 8 aromatic carbocycles. The number of para-hydroxylation sites is 2. The van der Waals surface area contributed by atoms with Crippen molar-refractivity contribution in [2.75, 3.05) is 0 Å². The Hall–Kier alpha value is -7.23. The minimum atomic E-state index is -0.0676. The van der Waals surface area contributed by atoms with Crippen molar-refractivity contribution in [1.29, 1.82) is 0 Å². The van der Waals surface area contributed by atoms with E-state index in [2.05, 4.69) is 200 Å². The second-order valence-electron chi connectivity index (χ2n) is 15.9. The van der Waals surface area contributed by atoms with Crippen molar-refractivity contribution in [3.8, 4) is 50.3 Å². The van der Waals surface area contributed by atoms with Crippen molar-refractivity contribution >= 4 is 54.6 Å². The first-order chi connectivity index (χ1) is 28.0. The van der Waals surface area contributed by atoms with Gasteiger partial charge < -0.3 is 8.98 Å². The van der Waals surface area contributed by atoms with E-state index in [-0.39, 0.29) is 5.41 Å². The topological polar surface area (TPSA) is 31.0 Å². The third-order valence-electron chi connectivity index (χ3n) is 12.4. The second kappa shape index (κ2) is 11.9. The van der Waals surface area contributed by atoms with Gasteiger partial charge in [-0.1, -0.05) is 147 Å². The molecular formula is C54H36N2O. The quantitative estimate of drug-likeness (QED) is 0.181. The van der Waals surface area contributed by atoms with E-state index < -0.39 is 0 Å². The normalized spacial score (nSPS) is 13.2. The van der Waals surface area contributed by atoms with Crippen molar-refractivity contribution in [2.45, 2.75) is 19.3 Å². The van der Waals surface area contributed by atoms with Crippen molar-refractivity contribution in [3.05, 3.63) is 193 Å². The molecule has 0 aliphatic heterocycles. The predicted octanol–water partition coefficient (Wildman–Crippen LogP) is 14.5. The third kappa shape index (κ3) is 4.63. The minimum absolute atomic E-state index is 0.0676. The van der Waals surface area contributed by atoms with Gasteiger partial charge in [0.25, 0.3) is 0 Å². The number of furan rings is 1. The van der Waals surface area contributed by atoms with Gasteiger partial charge in [0.2, 0.25) is 0 Å². The molecule has 1 aliphatic rings. The van der Waals surface area contributed by atoms with Crippen LogP contribution in [0.3, 0.4) is 0 Å². The van der Waals surface area contributed by atoms with E-state index in [4.69, 9.17) is 9.40 Å². The summed E-state index contributed by atoms with van der Waals surface area (Å²) in [4.78, 5) is 5.27. The molecule has 0 N–H and O–H groups in total. The van der Waals surface area contributed by atoms with E-state index >= 15 is 0 Å². The molecule has 0 saturated carbocycles. The maximum absolute atomic E-state index is 6.74. The average molecular weight is 729 g/mol. The lowest BCUT2D eigenvalue weighted by atomic mass is 9.82. The standard InChI is InChI=1S/C54H36N2O/c1-54(2)43-19-9-6-16-38(43)52-44(54)29-30-48-53(52)40-17-8-11-21-47(40)56(48)36-27-28-41-50(31-36)57-49-22-12-18-39(51(41)49)46-32-42(37-15-7-10-20-45(37)55-46)35-25-23-34(24-26-35)33-13-4-3-5-14-33/h3-32H,1-2H3. The lowest BCUT2D eigenvalue weighted by Gasteiger charge is -2.21. The van der Waals surface area contributed by atoms with E-state index in [1.165, 1.54) is 55.2 Å². The Morgan fingerprint density at radius 1 is 0.456 bits per heavy atom. The van der Waals surface area contributed by atoms with Crippen LogP contribution in [0.15, 0.2) is 186 Å². The number of hydrogen-bond donors (Lipinski definition) is 0. The Kier molecular flexibility index (Phi) is 6.68. The number of rotatable bonds is 4. The fourth-order valence-corrected chi connectivity index (χ4v) is 9.72. The summed E-state index contributed by atoms with van der Waals surface area (Å²) in [5.41, 5.74) is 18.2. The molecule has 11 aromatic rings. The van der Waals surface area contributed by atoms with Crippen molar-refractivity contribution in [3.63, 3.8) is 0 Å². The Labute approximate surface area is 330 Å². The van der Waals surface area contributed by atoms with Crippen LogP contribution in [0.4, 0.5) is 0 Å². The van der Waals surface area contributed by atoms with E-state index in [1.54, 1.807) is 0 Å². The summed E-state index contributed by atoms with van der Waals surface area (Å²) >= 11 is 0. The number of aromatic nitrogens is 2. The molecule has 0 spiro atoms. The van der Waals surface area contributed by atoms with Crippen LogP contribution in [-0.4, -0.2) is 9.55 Å². The largest absolute Gasteiger partial charge is 0.456 e. The number of benzene rings is 8. The Morgan fingerprint density at radius 2 is 1.18 bits per heavy atom. The smallest absolute Gasteiger partial charge is 0.137 e. The van der Waals surface area contributed by atoms with Gasteiger partial charge in [-0.05, 0) is 87.0 Å². The van der Waals surface area contributed by atoms with Gasteiger partial charge in [0.15, 0.2) is 0 Å². The molecule has 3 heterocycles. The van der Waals surface area contributed by atoms with Crippen molar-refractivity contribution < 1.29 is 4.42 Å². The zero-order chi connectivity index (χ0) is 37.8. The van der Waals surface area contributed by atoms with E-state index in [0.29, 0.717) is 0 Å². The number of nitrogens with zero attached hydrogens (tertiary/aromatic N) is 2. The molecular weight excluding hydrogens is 693 g/mol. The van der Waals surface area contributed by atoms with Gasteiger partial charge in [-0.3, -0.25) is 0 Å². The lowest BCUT2D eigenvalue weighted by Crippen LogP contribution is -2.14. The monoisotopic (exact) mass is 728 g/mol. The Bertz CT molecular complexity index is 3420. The van der Waals surface area contributed by atoms with Crippen LogP contribution in [0, 0.1) is 0 Å². The first-order valence-corrected chi connectivity index (χ1v) is 19.7. The predicted molar refractivity (Wildman–Crippen MR) is 237 cm³/mol. The molecule has 57 heavy (non-hydrogen) atoms. The third-order valence-corrected chi connectivity index (χ3v) is 12.4. The molecule has 0 fully saturated rings. The second-order valence-corrected chi connectivity index (χ2v) is 15.9. The molecule has 12 rings (SSSR count). The zero-order valence-corrected chi connectivity index (χ0v) is 31.6. The zero-order valence-electron chi connectivity index (χ0n) is 31.6. The summed E-state index contributed by atoms with van der Waals surface area (Å²) in [7, 11) is 0. The molecule has 0 amide bonds. The van der Waals surface area contributed by atoms with Gasteiger partial charge in [-0.15, -0.1) is 0 Å². The summed E-state index contributed by atoms with van der Waals surface area (Å²) in [5.74, 6) is 0. The Balaban J connectivity index is 1.03. The molecule has 3 aromatic heterocycles. The molecule has 0 unspecified atom stereocenters. The van der Waals surface area contributed by atoms with Crippen LogP contribution in [0.2, 0.25) is 0 Å². The molecule has 0 saturated heterocycles. The molecule has 0 radical (unpaired) electrons. The fourth-order valence-electron chi connectivity index (χ4n) is 9.72. The summed E-state index contributed by atoms with van der Waals surface area (Å²) in [6.45, 7) is 4.70. The van der Waals surface area contributed by atoms with Gasteiger partial charge >= 0.3 is 0 Å². The number of hydrogen-bond acceptors (Lipinski definition) is 2. The molecule has 1 aliphatic carbocycles. The van der Waals surface area contributed by atoms with Gasteiger partial charge in [-0.2, -0.15) is 0 Å². The summed E-state index contributed by atoms with van der Waals surface area (Å²) in [6.07, 6.45) is 0. The van der Waals surface area contributed by atoms with Crippen LogP contribution >= 0.6 is 0 Å². The lowest BCUT2D eigenvalue weighted by molar-refractivity contribution is 0.661. The van der Waals surface area contributed by atoms with Crippen LogP contribution in [0.5, 0.6) is 0 Å². The highest BCUT2D eigenvalue weighted by Gasteiger charge is 2.37. The highest BCUT2D eigenvalue weighted by molar-refractivity contribution is 6.18. The van der Waals surface area contributed by atoms with Crippen LogP contribution < -0.4 is 0 Å². The van der Waals surface area contributed by atoms with Gasteiger partial charge in [0, 0.05) is 49.7 Å². The molecule has 268 valence electrons. The maximum Gasteiger partial charge on any atom is 0.137 e. The summed E-state index contributed by atoms with van der Waals surface area (Å²) in [6, 6.07) is 65.6. The van der Waals surface area contributed by atoms with Crippen molar-refractivity contribution in [2.24, 2.45) is 0 Å².